The Hall–Kier alpha value is -1.63. The summed E-state index contributed by atoms with van der Waals surface area (Å²) in [7, 11) is 0. The fraction of sp³-hybridized carbons (Fsp3) is 0.667. The van der Waals surface area contributed by atoms with Gasteiger partial charge >= 0.3 is 12.0 Å². The van der Waals surface area contributed by atoms with Crippen LogP contribution in [0, 0.1) is 0 Å². The molecule has 0 radical (unpaired) electrons. The van der Waals surface area contributed by atoms with Gasteiger partial charge < -0.3 is 19.9 Å². The third-order valence-electron chi connectivity index (χ3n) is 1.55. The first-order valence-electron chi connectivity index (χ1n) is 5.11. The lowest BCUT2D eigenvalue weighted by Crippen LogP contribution is -2.11. The molecule has 0 bridgehead atoms. The molecule has 2 N–H and O–H groups in total. The second-order valence-electron chi connectivity index (χ2n) is 2.74. The van der Waals surface area contributed by atoms with Gasteiger partial charge in [-0.3, -0.25) is 0 Å². The summed E-state index contributed by atoms with van der Waals surface area (Å²) in [5.41, 5.74) is 5.47. The fourth-order valence-corrected chi connectivity index (χ4v) is 0.947. The van der Waals surface area contributed by atoms with Gasteiger partial charge in [0.25, 0.3) is 0 Å². The summed E-state index contributed by atoms with van der Waals surface area (Å²) < 4.78 is 15.4. The number of anilines is 1. The average Bonchev–Trinajstić information content (AvgIpc) is 2.24. The van der Waals surface area contributed by atoms with E-state index in [0.29, 0.717) is 26.4 Å². The molecule has 1 rings (SSSR count). The van der Waals surface area contributed by atoms with Crippen LogP contribution in [-0.2, 0) is 4.74 Å². The zero-order valence-corrected chi connectivity index (χ0v) is 9.47. The van der Waals surface area contributed by atoms with E-state index in [2.05, 4.69) is 15.0 Å². The Kier molecular flexibility index (Phi) is 5.27. The van der Waals surface area contributed by atoms with E-state index in [1.807, 2.05) is 13.8 Å². The summed E-state index contributed by atoms with van der Waals surface area (Å²) in [4.78, 5) is 11.5. The predicted molar refractivity (Wildman–Crippen MR) is 57.4 cm³/mol. The average molecular weight is 228 g/mol. The Morgan fingerprint density at radius 3 is 2.25 bits per heavy atom. The Morgan fingerprint density at radius 1 is 0.938 bits per heavy atom. The maximum Gasteiger partial charge on any atom is 0.324 e. The highest BCUT2D eigenvalue weighted by Gasteiger charge is 2.05. The number of nitrogens with zero attached hydrogens (tertiary/aromatic N) is 3. The highest BCUT2D eigenvalue weighted by atomic mass is 16.5. The van der Waals surface area contributed by atoms with Crippen molar-refractivity contribution in [2.75, 3.05) is 32.2 Å². The van der Waals surface area contributed by atoms with Crippen LogP contribution in [0.2, 0.25) is 0 Å². The van der Waals surface area contributed by atoms with E-state index in [0.717, 1.165) is 0 Å². The molecule has 1 aromatic heterocycles. The second kappa shape index (κ2) is 6.78. The zero-order valence-electron chi connectivity index (χ0n) is 9.47. The van der Waals surface area contributed by atoms with Gasteiger partial charge in [-0.25, -0.2) is 0 Å². The molecule has 0 atom stereocenters. The van der Waals surface area contributed by atoms with Crippen LogP contribution < -0.4 is 15.2 Å². The van der Waals surface area contributed by atoms with Crippen molar-refractivity contribution in [1.82, 2.24) is 15.0 Å². The molecular formula is C9H16N4O3. The highest BCUT2D eigenvalue weighted by molar-refractivity contribution is 5.20. The van der Waals surface area contributed by atoms with E-state index >= 15 is 0 Å². The van der Waals surface area contributed by atoms with Crippen molar-refractivity contribution in [3.8, 4) is 12.0 Å². The summed E-state index contributed by atoms with van der Waals surface area (Å²) in [5, 5.41) is 0. The van der Waals surface area contributed by atoms with Gasteiger partial charge in [0, 0.05) is 6.61 Å². The minimum atomic E-state index is 0.0739. The van der Waals surface area contributed by atoms with Crippen LogP contribution in [0.4, 0.5) is 5.95 Å². The van der Waals surface area contributed by atoms with E-state index in [-0.39, 0.29) is 18.0 Å². The van der Waals surface area contributed by atoms with Gasteiger partial charge in [0.15, 0.2) is 0 Å². The number of aromatic nitrogens is 3. The van der Waals surface area contributed by atoms with E-state index in [1.54, 1.807) is 0 Å². The third-order valence-corrected chi connectivity index (χ3v) is 1.55. The largest absolute Gasteiger partial charge is 0.464 e. The van der Waals surface area contributed by atoms with E-state index in [4.69, 9.17) is 19.9 Å². The molecule has 0 aromatic carbocycles. The van der Waals surface area contributed by atoms with Gasteiger partial charge in [-0.15, -0.1) is 4.98 Å². The van der Waals surface area contributed by atoms with Crippen molar-refractivity contribution >= 4 is 5.95 Å². The molecular weight excluding hydrogens is 212 g/mol. The zero-order chi connectivity index (χ0) is 11.8. The number of nitrogen functional groups attached to an aromatic ring is 1. The highest BCUT2D eigenvalue weighted by Crippen LogP contribution is 2.10. The molecule has 16 heavy (non-hydrogen) atoms. The van der Waals surface area contributed by atoms with Gasteiger partial charge in [0.2, 0.25) is 5.95 Å². The smallest absolute Gasteiger partial charge is 0.324 e. The quantitative estimate of drug-likeness (QED) is 0.669. The Morgan fingerprint density at radius 2 is 1.62 bits per heavy atom. The summed E-state index contributed by atoms with van der Waals surface area (Å²) in [6, 6.07) is 0.317. The normalized spacial score (nSPS) is 10.1. The molecule has 1 heterocycles. The molecule has 0 fully saturated rings. The number of ether oxygens (including phenoxy) is 3. The molecule has 0 saturated carbocycles. The van der Waals surface area contributed by atoms with Gasteiger partial charge in [0.1, 0.15) is 6.61 Å². The summed E-state index contributed by atoms with van der Waals surface area (Å²) in [6.07, 6.45) is 0. The SMILES string of the molecule is CCOCCOc1nc(N)nc(OCC)n1. The molecule has 0 aliphatic carbocycles. The second-order valence-corrected chi connectivity index (χ2v) is 2.74. The van der Waals surface area contributed by atoms with Crippen molar-refractivity contribution in [3.05, 3.63) is 0 Å². The Balaban J connectivity index is 2.51. The number of rotatable bonds is 7. The number of hydrogen-bond donors (Lipinski definition) is 1. The van der Waals surface area contributed by atoms with Crippen LogP contribution >= 0.6 is 0 Å². The lowest BCUT2D eigenvalue weighted by molar-refractivity contribution is 0.106. The molecule has 0 aliphatic heterocycles. The first-order chi connectivity index (χ1) is 7.76. The van der Waals surface area contributed by atoms with Crippen molar-refractivity contribution in [2.45, 2.75) is 13.8 Å². The Bertz CT molecular complexity index is 322. The van der Waals surface area contributed by atoms with E-state index in [9.17, 15) is 0 Å². The maximum absolute atomic E-state index is 5.47. The van der Waals surface area contributed by atoms with Gasteiger partial charge in [-0.2, -0.15) is 9.97 Å². The van der Waals surface area contributed by atoms with Gasteiger partial charge in [0.05, 0.1) is 13.2 Å². The molecule has 0 spiro atoms. The summed E-state index contributed by atoms with van der Waals surface area (Å²) >= 11 is 0. The monoisotopic (exact) mass is 228 g/mol. The van der Waals surface area contributed by atoms with Crippen LogP contribution in [-0.4, -0.2) is 41.4 Å². The van der Waals surface area contributed by atoms with Crippen LogP contribution in [0.25, 0.3) is 0 Å². The topological polar surface area (TPSA) is 92.4 Å². The van der Waals surface area contributed by atoms with Crippen molar-refractivity contribution in [1.29, 1.82) is 0 Å². The predicted octanol–water partition coefficient (Wildman–Crippen LogP) is 0.268. The molecule has 7 heteroatoms. The van der Waals surface area contributed by atoms with Gasteiger partial charge in [-0.05, 0) is 13.8 Å². The third kappa shape index (κ3) is 4.26. The Labute approximate surface area is 94.0 Å². The summed E-state index contributed by atoms with van der Waals surface area (Å²) in [6.45, 7) is 5.69. The van der Waals surface area contributed by atoms with Crippen molar-refractivity contribution in [3.63, 3.8) is 0 Å². The maximum atomic E-state index is 5.47. The van der Waals surface area contributed by atoms with Crippen LogP contribution in [0.15, 0.2) is 0 Å². The molecule has 0 amide bonds. The minimum Gasteiger partial charge on any atom is -0.464 e. The standard InChI is InChI=1S/C9H16N4O3/c1-3-14-5-6-16-9-12-7(10)11-8(13-9)15-4-2/h3-6H2,1-2H3,(H2,10,11,12,13). The van der Waals surface area contributed by atoms with Crippen LogP contribution in [0.5, 0.6) is 12.0 Å². The van der Waals surface area contributed by atoms with E-state index in [1.165, 1.54) is 0 Å². The van der Waals surface area contributed by atoms with Crippen LogP contribution in [0.3, 0.4) is 0 Å². The molecule has 1 aromatic rings. The number of hydrogen-bond acceptors (Lipinski definition) is 7. The molecule has 90 valence electrons. The lowest BCUT2D eigenvalue weighted by Gasteiger charge is -2.06. The lowest BCUT2D eigenvalue weighted by atomic mass is 10.7. The molecule has 0 unspecified atom stereocenters. The fourth-order valence-electron chi connectivity index (χ4n) is 0.947. The summed E-state index contributed by atoms with van der Waals surface area (Å²) in [5.74, 6) is 0.0739. The molecule has 0 aliphatic rings. The van der Waals surface area contributed by atoms with Gasteiger partial charge in [-0.1, -0.05) is 0 Å². The first-order valence-corrected chi connectivity index (χ1v) is 5.11. The number of nitrogens with two attached hydrogens (primary N) is 1. The van der Waals surface area contributed by atoms with Crippen molar-refractivity contribution < 1.29 is 14.2 Å². The molecule has 7 nitrogen and oxygen atoms in total. The van der Waals surface area contributed by atoms with Crippen molar-refractivity contribution in [2.24, 2.45) is 0 Å². The van der Waals surface area contributed by atoms with E-state index < -0.39 is 0 Å². The van der Waals surface area contributed by atoms with Crippen LogP contribution in [0.1, 0.15) is 13.8 Å². The molecule has 0 saturated heterocycles. The first kappa shape index (κ1) is 12.4. The minimum absolute atomic E-state index is 0.0739.